The van der Waals surface area contributed by atoms with Crippen molar-refractivity contribution in [3.05, 3.63) is 80.5 Å². The zero-order valence-electron chi connectivity index (χ0n) is 17.9. The smallest absolute Gasteiger partial charge is 0.369 e. The molecule has 1 N–H and O–H groups in total. The van der Waals surface area contributed by atoms with Crippen molar-refractivity contribution in [2.45, 2.75) is 45.8 Å². The van der Waals surface area contributed by atoms with Crippen molar-refractivity contribution in [1.29, 1.82) is 0 Å². The average Bonchev–Trinajstić information content (AvgIpc) is 3.08. The van der Waals surface area contributed by atoms with Crippen molar-refractivity contribution >= 4 is 11.4 Å². The zero-order valence-corrected chi connectivity index (χ0v) is 17.9. The van der Waals surface area contributed by atoms with E-state index in [1.54, 1.807) is 6.92 Å². The quantitative estimate of drug-likeness (QED) is 0.378. The second-order valence-electron chi connectivity index (χ2n) is 7.20. The second kappa shape index (κ2) is 9.86. The maximum Gasteiger partial charge on any atom is 0.408 e. The number of nitro groups is 1. The van der Waals surface area contributed by atoms with Crippen LogP contribution in [0.1, 0.15) is 25.2 Å². The van der Waals surface area contributed by atoms with Crippen LogP contribution < -0.4 is 11.0 Å². The normalized spacial score (nSPS) is 12.5. The predicted octanol–water partition coefficient (Wildman–Crippen LogP) is 4.04. The molecule has 0 unspecified atom stereocenters. The molecule has 1 atom stereocenters. The van der Waals surface area contributed by atoms with Crippen molar-refractivity contribution in [3.63, 3.8) is 0 Å². The summed E-state index contributed by atoms with van der Waals surface area (Å²) in [7, 11) is 0. The standard InChI is InChI=1S/C21H22F3N5O4/c1-3-27-19(13-33-12-15-7-5-4-6-8-15)26-28(20(27)30)16-9-10-18(29(31)32)17(11-16)25-14(2)21(22,23)24/h4-11,14,25H,3,12-13H2,1-2H3/t14-/m0/s1. The molecule has 0 amide bonds. The van der Waals surface area contributed by atoms with Gasteiger partial charge in [0.1, 0.15) is 18.3 Å². The van der Waals surface area contributed by atoms with Gasteiger partial charge in [-0.3, -0.25) is 14.7 Å². The number of aromatic nitrogens is 3. The third-order valence-electron chi connectivity index (χ3n) is 4.88. The first-order chi connectivity index (χ1) is 15.6. The van der Waals surface area contributed by atoms with Gasteiger partial charge in [0.2, 0.25) is 0 Å². The molecule has 3 aromatic rings. The molecule has 3 rings (SSSR count). The number of hydrogen-bond acceptors (Lipinski definition) is 6. The Morgan fingerprint density at radius 1 is 1.18 bits per heavy atom. The van der Waals surface area contributed by atoms with Gasteiger partial charge in [-0.15, -0.1) is 5.10 Å². The summed E-state index contributed by atoms with van der Waals surface area (Å²) in [6.45, 7) is 3.19. The summed E-state index contributed by atoms with van der Waals surface area (Å²) in [5, 5.41) is 17.6. The molecule has 176 valence electrons. The van der Waals surface area contributed by atoms with Crippen LogP contribution >= 0.6 is 0 Å². The fraction of sp³-hybridized carbons (Fsp3) is 0.333. The lowest BCUT2D eigenvalue weighted by Crippen LogP contribution is -2.33. The van der Waals surface area contributed by atoms with E-state index in [1.807, 2.05) is 30.3 Å². The third kappa shape index (κ3) is 5.58. The molecule has 0 radical (unpaired) electrons. The molecule has 1 heterocycles. The minimum Gasteiger partial charge on any atom is -0.369 e. The highest BCUT2D eigenvalue weighted by atomic mass is 19.4. The summed E-state index contributed by atoms with van der Waals surface area (Å²) in [6.07, 6.45) is -4.62. The Morgan fingerprint density at radius 2 is 1.88 bits per heavy atom. The summed E-state index contributed by atoms with van der Waals surface area (Å²) in [4.78, 5) is 23.3. The van der Waals surface area contributed by atoms with Crippen LogP contribution in [0.4, 0.5) is 24.5 Å². The van der Waals surface area contributed by atoms with E-state index in [0.717, 1.165) is 29.3 Å². The van der Waals surface area contributed by atoms with E-state index in [4.69, 9.17) is 4.74 Å². The van der Waals surface area contributed by atoms with Gasteiger partial charge in [0.05, 0.1) is 17.2 Å². The van der Waals surface area contributed by atoms with Gasteiger partial charge in [-0.25, -0.2) is 4.79 Å². The molecule has 12 heteroatoms. The number of nitrogens with one attached hydrogen (secondary N) is 1. The highest BCUT2D eigenvalue weighted by Gasteiger charge is 2.37. The van der Waals surface area contributed by atoms with Crippen LogP contribution in [0.25, 0.3) is 5.69 Å². The van der Waals surface area contributed by atoms with Gasteiger partial charge in [-0.1, -0.05) is 30.3 Å². The van der Waals surface area contributed by atoms with Gasteiger partial charge in [0.25, 0.3) is 5.69 Å². The molecule has 0 aliphatic rings. The first-order valence-electron chi connectivity index (χ1n) is 10.0. The highest BCUT2D eigenvalue weighted by Crippen LogP contribution is 2.30. The average molecular weight is 465 g/mol. The van der Waals surface area contributed by atoms with Crippen molar-refractivity contribution in [2.75, 3.05) is 5.32 Å². The topological polar surface area (TPSA) is 104 Å². The Kier molecular flexibility index (Phi) is 7.16. The molecule has 0 aliphatic heterocycles. The van der Waals surface area contributed by atoms with Crippen LogP contribution in [0.2, 0.25) is 0 Å². The largest absolute Gasteiger partial charge is 0.408 e. The summed E-state index contributed by atoms with van der Waals surface area (Å²) >= 11 is 0. The number of anilines is 1. The first kappa shape index (κ1) is 24.0. The molecule has 0 spiro atoms. The lowest BCUT2D eigenvalue weighted by molar-refractivity contribution is -0.384. The number of nitro benzene ring substituents is 1. The van der Waals surface area contributed by atoms with E-state index in [9.17, 15) is 28.1 Å². The van der Waals surface area contributed by atoms with E-state index in [0.29, 0.717) is 12.4 Å². The Hall–Kier alpha value is -3.67. The Morgan fingerprint density at radius 3 is 2.48 bits per heavy atom. The number of ether oxygens (including phenoxy) is 1. The van der Waals surface area contributed by atoms with Gasteiger partial charge < -0.3 is 10.1 Å². The van der Waals surface area contributed by atoms with Crippen molar-refractivity contribution in [2.24, 2.45) is 0 Å². The minimum absolute atomic E-state index is 0.0220. The Labute approximate surface area is 186 Å². The SMILES string of the molecule is CCn1c(COCc2ccccc2)nn(-c2ccc([N+](=O)[O-])c(N[C@@H](C)C(F)(F)F)c2)c1=O. The molecular formula is C21H22F3N5O4. The number of alkyl halides is 3. The van der Waals surface area contributed by atoms with E-state index >= 15 is 0 Å². The van der Waals surface area contributed by atoms with E-state index in [-0.39, 0.29) is 24.5 Å². The Bertz CT molecular complexity index is 1170. The lowest BCUT2D eigenvalue weighted by atomic mass is 10.2. The minimum atomic E-state index is -4.62. The highest BCUT2D eigenvalue weighted by molar-refractivity contribution is 5.66. The molecule has 0 fully saturated rings. The molecular weight excluding hydrogens is 443 g/mol. The van der Waals surface area contributed by atoms with E-state index in [2.05, 4.69) is 10.4 Å². The second-order valence-corrected chi connectivity index (χ2v) is 7.20. The zero-order chi connectivity index (χ0) is 24.2. The summed E-state index contributed by atoms with van der Waals surface area (Å²) in [5.41, 5.74) is -0.447. The van der Waals surface area contributed by atoms with Crippen LogP contribution in [-0.4, -0.2) is 31.5 Å². The van der Waals surface area contributed by atoms with Gasteiger partial charge >= 0.3 is 11.9 Å². The summed E-state index contributed by atoms with van der Waals surface area (Å²) < 4.78 is 46.9. The van der Waals surface area contributed by atoms with Crippen LogP contribution in [0.15, 0.2) is 53.3 Å². The van der Waals surface area contributed by atoms with Crippen LogP contribution in [0, 0.1) is 10.1 Å². The van der Waals surface area contributed by atoms with Gasteiger partial charge in [0.15, 0.2) is 5.82 Å². The molecule has 0 saturated heterocycles. The fourth-order valence-electron chi connectivity index (χ4n) is 3.11. The van der Waals surface area contributed by atoms with Crippen molar-refractivity contribution < 1.29 is 22.8 Å². The molecule has 0 bridgehead atoms. The monoisotopic (exact) mass is 465 g/mol. The van der Waals surface area contributed by atoms with Crippen LogP contribution in [0.5, 0.6) is 0 Å². The summed E-state index contributed by atoms with van der Waals surface area (Å²) in [5.74, 6) is 0.315. The maximum atomic E-state index is 13.0. The van der Waals surface area contributed by atoms with Crippen molar-refractivity contribution in [3.8, 4) is 5.69 Å². The molecule has 1 aromatic heterocycles. The lowest BCUT2D eigenvalue weighted by Gasteiger charge is -2.18. The van der Waals surface area contributed by atoms with Gasteiger partial charge in [0, 0.05) is 12.6 Å². The number of nitrogens with zero attached hydrogens (tertiary/aromatic N) is 4. The number of hydrogen-bond donors (Lipinski definition) is 1. The van der Waals surface area contributed by atoms with Gasteiger partial charge in [-0.2, -0.15) is 17.9 Å². The molecule has 9 nitrogen and oxygen atoms in total. The molecule has 2 aromatic carbocycles. The predicted molar refractivity (Wildman–Crippen MR) is 114 cm³/mol. The third-order valence-corrected chi connectivity index (χ3v) is 4.88. The fourth-order valence-corrected chi connectivity index (χ4v) is 3.11. The molecule has 33 heavy (non-hydrogen) atoms. The number of rotatable bonds is 9. The summed E-state index contributed by atoms with van der Waals surface area (Å²) in [6, 6.07) is 10.7. The number of benzene rings is 2. The van der Waals surface area contributed by atoms with Crippen LogP contribution in [0.3, 0.4) is 0 Å². The molecule has 0 saturated carbocycles. The molecule has 0 aliphatic carbocycles. The van der Waals surface area contributed by atoms with Crippen LogP contribution in [-0.2, 0) is 24.5 Å². The number of halogens is 3. The first-order valence-corrected chi connectivity index (χ1v) is 10.0. The maximum absolute atomic E-state index is 13.0. The van der Waals surface area contributed by atoms with E-state index in [1.165, 1.54) is 10.6 Å². The van der Waals surface area contributed by atoms with E-state index < -0.39 is 28.5 Å². The Balaban J connectivity index is 1.91. The van der Waals surface area contributed by atoms with Gasteiger partial charge in [-0.05, 0) is 31.5 Å². The van der Waals surface area contributed by atoms with Crippen molar-refractivity contribution in [1.82, 2.24) is 14.3 Å².